The first-order valence-electron chi connectivity index (χ1n) is 14.9. The predicted octanol–water partition coefficient (Wildman–Crippen LogP) is 4.04. The van der Waals surface area contributed by atoms with Crippen LogP contribution in [-0.2, 0) is 22.4 Å². The number of nitriles is 1. The molecule has 2 unspecified atom stereocenters. The maximum atomic E-state index is 14.7. The van der Waals surface area contributed by atoms with E-state index in [2.05, 4.69) is 21.4 Å². The van der Waals surface area contributed by atoms with Crippen LogP contribution in [0.4, 0.5) is 4.79 Å². The summed E-state index contributed by atoms with van der Waals surface area (Å²) in [5, 5.41) is 12.7. The Balaban J connectivity index is 1.35. The largest absolute Gasteiger partial charge is 0.453 e. The number of amides is 2. The van der Waals surface area contributed by atoms with Crippen molar-refractivity contribution in [3.8, 4) is 6.07 Å². The fourth-order valence-corrected chi connectivity index (χ4v) is 7.05. The Bertz CT molecular complexity index is 1550. The van der Waals surface area contributed by atoms with E-state index < -0.39 is 5.54 Å². The minimum Gasteiger partial charge on any atom is -0.453 e. The molecule has 1 N–H and O–H groups in total. The maximum absolute atomic E-state index is 14.7. The lowest BCUT2D eigenvalue weighted by Crippen LogP contribution is -2.51. The number of aromatic nitrogens is 2. The molecule has 3 fully saturated rings. The standard InChI is InChI=1S/C34H34N6O4/c1-44-33(43)40-28-6-7-29(40)17-26(16-28)22-39-31(18-30(41)27-4-2-25(21-35)3-5-27)38-34(32(39)42,19-23-8-12-36-13-9-23)20-24-10-14-37-15-11-24/h2-5,8-15,18,26,28-29,38H,6-7,16-17,19-20,22H2,1H3. The van der Waals surface area contributed by atoms with Gasteiger partial charge in [0.2, 0.25) is 0 Å². The quantitative estimate of drug-likeness (QED) is 0.308. The van der Waals surface area contributed by atoms with E-state index >= 15 is 0 Å². The fourth-order valence-electron chi connectivity index (χ4n) is 7.05. The molecule has 0 radical (unpaired) electrons. The monoisotopic (exact) mass is 590 g/mol. The summed E-state index contributed by atoms with van der Waals surface area (Å²) in [5.74, 6) is 0.229. The van der Waals surface area contributed by atoms with Crippen LogP contribution in [0.15, 0.2) is 85.2 Å². The van der Waals surface area contributed by atoms with Crippen LogP contribution >= 0.6 is 0 Å². The van der Waals surface area contributed by atoms with Crippen molar-refractivity contribution in [2.75, 3.05) is 13.7 Å². The molecular formula is C34H34N6O4. The first-order valence-corrected chi connectivity index (χ1v) is 14.9. The molecule has 10 nitrogen and oxygen atoms in total. The van der Waals surface area contributed by atoms with Gasteiger partial charge in [-0.25, -0.2) is 4.79 Å². The Morgan fingerprint density at radius 1 is 0.977 bits per heavy atom. The number of ether oxygens (including phenoxy) is 1. The molecule has 3 aliphatic heterocycles. The second-order valence-corrected chi connectivity index (χ2v) is 11.9. The van der Waals surface area contributed by atoms with Gasteiger partial charge in [0.1, 0.15) is 11.4 Å². The van der Waals surface area contributed by atoms with E-state index in [1.54, 1.807) is 54.0 Å². The number of carbonyl (C=O) groups excluding carboxylic acids is 3. The van der Waals surface area contributed by atoms with Crippen molar-refractivity contribution < 1.29 is 19.1 Å². The molecule has 224 valence electrons. The van der Waals surface area contributed by atoms with E-state index in [1.807, 2.05) is 29.2 Å². The molecule has 1 aromatic carbocycles. The topological polar surface area (TPSA) is 129 Å². The van der Waals surface area contributed by atoms with Crippen molar-refractivity contribution in [1.29, 1.82) is 5.26 Å². The predicted molar refractivity (Wildman–Crippen MR) is 161 cm³/mol. The molecule has 2 atom stereocenters. The lowest BCUT2D eigenvalue weighted by atomic mass is 9.84. The summed E-state index contributed by atoms with van der Waals surface area (Å²) in [5.41, 5.74) is 1.73. The molecule has 2 bridgehead atoms. The molecule has 44 heavy (non-hydrogen) atoms. The van der Waals surface area contributed by atoms with Gasteiger partial charge in [-0.2, -0.15) is 5.26 Å². The van der Waals surface area contributed by atoms with Crippen LogP contribution in [0, 0.1) is 17.2 Å². The Hall–Kier alpha value is -5.04. The van der Waals surface area contributed by atoms with Gasteiger partial charge in [0, 0.05) is 67.9 Å². The van der Waals surface area contributed by atoms with Crippen molar-refractivity contribution in [3.05, 3.63) is 107 Å². The number of pyridine rings is 2. The highest BCUT2D eigenvalue weighted by atomic mass is 16.5. The Kier molecular flexibility index (Phi) is 8.11. The third kappa shape index (κ3) is 5.78. The summed E-state index contributed by atoms with van der Waals surface area (Å²) in [7, 11) is 1.41. The van der Waals surface area contributed by atoms with Gasteiger partial charge >= 0.3 is 6.09 Å². The smallest absolute Gasteiger partial charge is 0.409 e. The summed E-state index contributed by atoms with van der Waals surface area (Å²) in [4.78, 5) is 52.6. The van der Waals surface area contributed by atoms with E-state index in [-0.39, 0.29) is 35.8 Å². The molecule has 10 heteroatoms. The molecule has 2 aromatic heterocycles. The fraction of sp³-hybridized carbons (Fsp3) is 0.353. The van der Waals surface area contributed by atoms with Crippen LogP contribution in [0.25, 0.3) is 0 Å². The van der Waals surface area contributed by atoms with Crippen LogP contribution in [0.2, 0.25) is 0 Å². The Morgan fingerprint density at radius 2 is 1.55 bits per heavy atom. The number of hydrogen-bond donors (Lipinski definition) is 1. The summed E-state index contributed by atoms with van der Waals surface area (Å²) in [6.07, 6.45) is 12.2. The number of rotatable bonds is 8. The van der Waals surface area contributed by atoms with E-state index in [1.165, 1.54) is 13.2 Å². The number of piperidine rings is 1. The number of carbonyl (C=O) groups is 3. The molecule has 6 rings (SSSR count). The molecular weight excluding hydrogens is 556 g/mol. The number of nitrogens with zero attached hydrogens (tertiary/aromatic N) is 5. The average Bonchev–Trinajstić information content (AvgIpc) is 3.45. The van der Waals surface area contributed by atoms with Gasteiger partial charge in [-0.05, 0) is 91.3 Å². The van der Waals surface area contributed by atoms with Gasteiger partial charge in [0.05, 0.1) is 18.7 Å². The van der Waals surface area contributed by atoms with E-state index in [0.29, 0.717) is 36.3 Å². The first kappa shape index (κ1) is 29.1. The zero-order chi connectivity index (χ0) is 30.7. The average molecular weight is 591 g/mol. The van der Waals surface area contributed by atoms with Crippen LogP contribution in [-0.4, -0.2) is 68.8 Å². The summed E-state index contributed by atoms with van der Waals surface area (Å²) in [6.45, 7) is 0.425. The summed E-state index contributed by atoms with van der Waals surface area (Å²) < 4.78 is 5.05. The third-order valence-electron chi connectivity index (χ3n) is 9.05. The van der Waals surface area contributed by atoms with Crippen LogP contribution in [0.3, 0.4) is 0 Å². The second kappa shape index (κ2) is 12.3. The van der Waals surface area contributed by atoms with Gasteiger partial charge in [-0.3, -0.25) is 24.5 Å². The number of benzene rings is 1. The van der Waals surface area contributed by atoms with Gasteiger partial charge in [0.25, 0.3) is 5.91 Å². The number of nitrogens with one attached hydrogen (secondary N) is 1. The molecule has 2 amide bonds. The number of ketones is 1. The minimum absolute atomic E-state index is 0.0722. The number of fused-ring (bicyclic) bond motifs is 2. The minimum atomic E-state index is -1.05. The van der Waals surface area contributed by atoms with Crippen LogP contribution in [0.5, 0.6) is 0 Å². The van der Waals surface area contributed by atoms with Gasteiger partial charge < -0.3 is 15.0 Å². The number of hydrogen-bond acceptors (Lipinski definition) is 8. The summed E-state index contributed by atoms with van der Waals surface area (Å²) in [6, 6.07) is 16.3. The van der Waals surface area contributed by atoms with E-state index in [0.717, 1.165) is 36.8 Å². The van der Waals surface area contributed by atoms with Crippen molar-refractivity contribution in [1.82, 2.24) is 25.1 Å². The highest BCUT2D eigenvalue weighted by Crippen LogP contribution is 2.41. The first-order chi connectivity index (χ1) is 21.4. The zero-order valence-electron chi connectivity index (χ0n) is 24.6. The third-order valence-corrected chi connectivity index (χ3v) is 9.05. The molecule has 5 heterocycles. The number of allylic oxidation sites excluding steroid dienone is 1. The van der Waals surface area contributed by atoms with Crippen molar-refractivity contribution in [3.63, 3.8) is 0 Å². The molecule has 3 aliphatic rings. The molecule has 0 spiro atoms. The van der Waals surface area contributed by atoms with Gasteiger partial charge in [0.15, 0.2) is 5.78 Å². The van der Waals surface area contributed by atoms with Crippen LogP contribution in [0.1, 0.15) is 52.7 Å². The molecule has 3 saturated heterocycles. The Labute approximate surface area is 256 Å². The maximum Gasteiger partial charge on any atom is 0.409 e. The van der Waals surface area contributed by atoms with E-state index in [9.17, 15) is 19.6 Å². The second-order valence-electron chi connectivity index (χ2n) is 11.9. The lowest BCUT2D eigenvalue weighted by Gasteiger charge is -2.39. The highest BCUT2D eigenvalue weighted by molar-refractivity contribution is 6.06. The van der Waals surface area contributed by atoms with Crippen molar-refractivity contribution in [2.24, 2.45) is 5.92 Å². The normalized spacial score (nSPS) is 22.9. The highest BCUT2D eigenvalue weighted by Gasteiger charge is 2.51. The lowest BCUT2D eigenvalue weighted by molar-refractivity contribution is -0.132. The SMILES string of the molecule is COC(=O)N1C2CCC1CC(CN1C(=O)C(Cc3ccncc3)(Cc3ccncc3)NC1=CC(=O)c1ccc(C#N)cc1)C2. The van der Waals surface area contributed by atoms with Crippen molar-refractivity contribution in [2.45, 2.75) is 56.1 Å². The van der Waals surface area contributed by atoms with Gasteiger partial charge in [-0.1, -0.05) is 0 Å². The number of methoxy groups -OCH3 is 1. The van der Waals surface area contributed by atoms with Crippen LogP contribution < -0.4 is 5.32 Å². The van der Waals surface area contributed by atoms with Crippen molar-refractivity contribution >= 4 is 17.8 Å². The molecule has 3 aromatic rings. The molecule has 0 aliphatic carbocycles. The summed E-state index contributed by atoms with van der Waals surface area (Å²) >= 11 is 0. The van der Waals surface area contributed by atoms with E-state index in [4.69, 9.17) is 4.74 Å². The Morgan fingerprint density at radius 3 is 2.07 bits per heavy atom. The zero-order valence-corrected chi connectivity index (χ0v) is 24.6. The molecule has 0 saturated carbocycles. The van der Waals surface area contributed by atoms with Gasteiger partial charge in [-0.15, -0.1) is 0 Å².